The smallest absolute Gasteiger partial charge is 0.224 e. The first-order chi connectivity index (χ1) is 7.11. The van der Waals surface area contributed by atoms with Crippen molar-refractivity contribution in [3.05, 3.63) is 24.4 Å². The zero-order valence-corrected chi connectivity index (χ0v) is 9.60. The van der Waals surface area contributed by atoms with Gasteiger partial charge in [-0.2, -0.15) is 0 Å². The highest BCUT2D eigenvalue weighted by Gasteiger charge is 2.17. The van der Waals surface area contributed by atoms with Crippen molar-refractivity contribution < 1.29 is 9.59 Å². The fourth-order valence-corrected chi connectivity index (χ4v) is 1.83. The molecule has 1 amide bonds. The average Bonchev–Trinajstić information content (AvgIpc) is 2.09. The molecule has 0 aromatic heterocycles. The van der Waals surface area contributed by atoms with E-state index in [1.165, 1.54) is 18.7 Å². The number of carbonyl (C=O) groups is 2. The van der Waals surface area contributed by atoms with Gasteiger partial charge in [-0.3, -0.25) is 9.59 Å². The molecular formula is C11H15NO2S. The lowest BCUT2D eigenvalue weighted by Crippen LogP contribution is -2.28. The molecule has 0 spiro atoms. The van der Waals surface area contributed by atoms with E-state index < -0.39 is 0 Å². The van der Waals surface area contributed by atoms with Crippen LogP contribution in [0.1, 0.15) is 19.8 Å². The van der Waals surface area contributed by atoms with Crippen molar-refractivity contribution in [3.63, 3.8) is 0 Å². The number of rotatable bonds is 5. The average molecular weight is 225 g/mol. The summed E-state index contributed by atoms with van der Waals surface area (Å²) < 4.78 is 0. The van der Waals surface area contributed by atoms with Crippen molar-refractivity contribution in [2.45, 2.75) is 19.8 Å². The van der Waals surface area contributed by atoms with Gasteiger partial charge in [0.05, 0.1) is 0 Å². The summed E-state index contributed by atoms with van der Waals surface area (Å²) in [5, 5.41) is 2.86. The highest BCUT2D eigenvalue weighted by molar-refractivity contribution is 8.13. The number of carbonyl (C=O) groups excluding carboxylic acids is 2. The predicted molar refractivity (Wildman–Crippen MR) is 62.3 cm³/mol. The summed E-state index contributed by atoms with van der Waals surface area (Å²) in [7, 11) is 0. The molecule has 0 aromatic rings. The van der Waals surface area contributed by atoms with Crippen LogP contribution in [0.15, 0.2) is 24.4 Å². The third-order valence-electron chi connectivity index (χ3n) is 2.11. The maximum Gasteiger partial charge on any atom is 0.224 e. The van der Waals surface area contributed by atoms with Crippen LogP contribution in [0, 0.1) is 5.92 Å². The van der Waals surface area contributed by atoms with Gasteiger partial charge in [0.25, 0.3) is 0 Å². The summed E-state index contributed by atoms with van der Waals surface area (Å²) in [4.78, 5) is 21.9. The van der Waals surface area contributed by atoms with E-state index in [-0.39, 0.29) is 11.0 Å². The summed E-state index contributed by atoms with van der Waals surface area (Å²) in [5.74, 6) is 0.948. The third kappa shape index (κ3) is 4.34. The van der Waals surface area contributed by atoms with Gasteiger partial charge in [-0.15, -0.1) is 6.58 Å². The van der Waals surface area contributed by atoms with E-state index in [0.717, 1.165) is 12.1 Å². The molecule has 0 heterocycles. The second-order valence-corrected chi connectivity index (χ2v) is 4.71. The van der Waals surface area contributed by atoms with Crippen molar-refractivity contribution in [1.29, 1.82) is 0 Å². The molecule has 4 heteroatoms. The molecular weight excluding hydrogens is 210 g/mol. The highest BCUT2D eigenvalue weighted by Crippen LogP contribution is 2.24. The van der Waals surface area contributed by atoms with Crippen LogP contribution in [0.4, 0.5) is 0 Å². The van der Waals surface area contributed by atoms with Crippen LogP contribution in [0.3, 0.4) is 0 Å². The molecule has 0 fully saturated rings. The zero-order valence-electron chi connectivity index (χ0n) is 8.79. The second-order valence-electron chi connectivity index (χ2n) is 3.43. The standard InChI is InChI=1S/C11H15NO2S/c1-3-9-6-10(7-9)12-11(14)4-5-15-8(2)13/h3,6,9H,1,4-5,7H2,2H3,(H,12,14). The molecule has 1 rings (SSSR count). The summed E-state index contributed by atoms with van der Waals surface area (Å²) in [6.07, 6.45) is 5.11. The van der Waals surface area contributed by atoms with Crippen molar-refractivity contribution in [2.24, 2.45) is 5.92 Å². The molecule has 0 radical (unpaired) electrons. The predicted octanol–water partition coefficient (Wildman–Crippen LogP) is 1.86. The molecule has 82 valence electrons. The van der Waals surface area contributed by atoms with E-state index in [1.54, 1.807) is 0 Å². The Morgan fingerprint density at radius 3 is 2.93 bits per heavy atom. The number of thioether (sulfide) groups is 1. The van der Waals surface area contributed by atoms with E-state index in [0.29, 0.717) is 18.1 Å². The minimum atomic E-state index is -0.0162. The highest BCUT2D eigenvalue weighted by atomic mass is 32.2. The second kappa shape index (κ2) is 5.75. The van der Waals surface area contributed by atoms with E-state index in [1.807, 2.05) is 12.2 Å². The molecule has 3 nitrogen and oxygen atoms in total. The molecule has 1 atom stereocenters. The van der Waals surface area contributed by atoms with Crippen molar-refractivity contribution in [1.82, 2.24) is 5.32 Å². The zero-order chi connectivity index (χ0) is 11.3. The minimum Gasteiger partial charge on any atom is -0.330 e. The van der Waals surface area contributed by atoms with Gasteiger partial charge in [-0.05, 0) is 6.42 Å². The SMILES string of the molecule is C=CC1C=C(NC(=O)CCSC(C)=O)C1. The molecule has 0 aromatic carbocycles. The van der Waals surface area contributed by atoms with E-state index in [2.05, 4.69) is 11.9 Å². The Kier molecular flexibility index (Phi) is 4.62. The van der Waals surface area contributed by atoms with Gasteiger partial charge < -0.3 is 5.32 Å². The topological polar surface area (TPSA) is 46.2 Å². The number of amides is 1. The molecule has 0 saturated carbocycles. The molecule has 1 aliphatic rings. The van der Waals surface area contributed by atoms with Crippen LogP contribution >= 0.6 is 11.8 Å². The lowest BCUT2D eigenvalue weighted by Gasteiger charge is -2.22. The van der Waals surface area contributed by atoms with Crippen LogP contribution in [0.5, 0.6) is 0 Å². The summed E-state index contributed by atoms with van der Waals surface area (Å²) in [6.45, 7) is 5.17. The van der Waals surface area contributed by atoms with E-state index >= 15 is 0 Å². The van der Waals surface area contributed by atoms with Gasteiger partial charge in [-0.1, -0.05) is 23.9 Å². The van der Waals surface area contributed by atoms with Gasteiger partial charge in [0.1, 0.15) is 0 Å². The Hall–Kier alpha value is -1.03. The molecule has 1 aliphatic carbocycles. The minimum absolute atomic E-state index is 0.0162. The van der Waals surface area contributed by atoms with Crippen LogP contribution < -0.4 is 5.32 Å². The van der Waals surface area contributed by atoms with Gasteiger partial charge in [-0.25, -0.2) is 0 Å². The third-order valence-corrected chi connectivity index (χ3v) is 2.92. The maximum absolute atomic E-state index is 11.3. The van der Waals surface area contributed by atoms with E-state index in [4.69, 9.17) is 0 Å². The fourth-order valence-electron chi connectivity index (χ4n) is 1.25. The summed E-state index contributed by atoms with van der Waals surface area (Å²) in [6, 6.07) is 0. The molecule has 0 bridgehead atoms. The number of nitrogens with one attached hydrogen (secondary N) is 1. The summed E-state index contributed by atoms with van der Waals surface area (Å²) in [5.41, 5.74) is 0.970. The van der Waals surface area contributed by atoms with Crippen LogP contribution in [0.2, 0.25) is 0 Å². The normalized spacial score (nSPS) is 18.7. The van der Waals surface area contributed by atoms with Crippen LogP contribution in [-0.2, 0) is 9.59 Å². The molecule has 0 aliphatic heterocycles. The van der Waals surface area contributed by atoms with Crippen LogP contribution in [-0.4, -0.2) is 16.8 Å². The number of hydrogen-bond acceptors (Lipinski definition) is 3. The lowest BCUT2D eigenvalue weighted by atomic mass is 9.91. The summed E-state index contributed by atoms with van der Waals surface area (Å²) >= 11 is 1.18. The lowest BCUT2D eigenvalue weighted by molar-refractivity contribution is -0.120. The Bertz CT molecular complexity index is 310. The Balaban J connectivity index is 2.15. The fraction of sp³-hybridized carbons (Fsp3) is 0.455. The van der Waals surface area contributed by atoms with Gasteiger partial charge in [0.15, 0.2) is 5.12 Å². The molecule has 15 heavy (non-hydrogen) atoms. The first kappa shape index (κ1) is 12.0. The molecule has 0 saturated heterocycles. The quantitative estimate of drug-likeness (QED) is 0.726. The van der Waals surface area contributed by atoms with Crippen molar-refractivity contribution in [3.8, 4) is 0 Å². The van der Waals surface area contributed by atoms with E-state index in [9.17, 15) is 9.59 Å². The van der Waals surface area contributed by atoms with Crippen LogP contribution in [0.25, 0.3) is 0 Å². The largest absolute Gasteiger partial charge is 0.330 e. The first-order valence-corrected chi connectivity index (χ1v) is 5.87. The Morgan fingerprint density at radius 2 is 2.40 bits per heavy atom. The molecule has 1 unspecified atom stereocenters. The van der Waals surface area contributed by atoms with Crippen molar-refractivity contribution >= 4 is 22.8 Å². The number of allylic oxidation sites excluding steroid dienone is 3. The van der Waals surface area contributed by atoms with Gasteiger partial charge in [0.2, 0.25) is 5.91 Å². The molecule has 1 N–H and O–H groups in total. The van der Waals surface area contributed by atoms with Gasteiger partial charge >= 0.3 is 0 Å². The van der Waals surface area contributed by atoms with Gasteiger partial charge in [0, 0.05) is 30.7 Å². The maximum atomic E-state index is 11.3. The Labute approximate surface area is 94.0 Å². The Morgan fingerprint density at radius 1 is 1.73 bits per heavy atom. The van der Waals surface area contributed by atoms with Crippen molar-refractivity contribution in [2.75, 3.05) is 5.75 Å². The first-order valence-electron chi connectivity index (χ1n) is 4.88. The monoisotopic (exact) mass is 225 g/mol. The number of hydrogen-bond donors (Lipinski definition) is 1.